The fourth-order valence-electron chi connectivity index (χ4n) is 3.17. The molecule has 2 aliphatic rings. The summed E-state index contributed by atoms with van der Waals surface area (Å²) in [6.07, 6.45) is 7.43. The molecule has 1 saturated heterocycles. The van der Waals surface area contributed by atoms with Gasteiger partial charge in [-0.05, 0) is 12.8 Å². The molecule has 1 aliphatic carbocycles. The number of amides is 1. The number of likely N-dealkylation sites (tertiary alicyclic amines) is 1. The van der Waals surface area contributed by atoms with Gasteiger partial charge in [-0.1, -0.05) is 19.3 Å². The Morgan fingerprint density at radius 1 is 1.06 bits per heavy atom. The highest BCUT2D eigenvalue weighted by Gasteiger charge is 2.37. The van der Waals surface area contributed by atoms with Crippen LogP contribution in [0.1, 0.15) is 44.9 Å². The Balaban J connectivity index is 1.87. The molecule has 104 valence electrons. The van der Waals surface area contributed by atoms with E-state index in [9.17, 15) is 4.79 Å². The number of nitrogens with zero attached hydrogens (tertiary/aromatic N) is 1. The Morgan fingerprint density at radius 3 is 2.11 bits per heavy atom. The molecule has 2 rings (SSSR count). The van der Waals surface area contributed by atoms with E-state index < -0.39 is 5.79 Å². The lowest BCUT2D eigenvalue weighted by Crippen LogP contribution is -2.50. The van der Waals surface area contributed by atoms with Gasteiger partial charge in [-0.15, -0.1) is 0 Å². The van der Waals surface area contributed by atoms with E-state index in [2.05, 4.69) is 0 Å². The Bertz CT molecular complexity index is 273. The van der Waals surface area contributed by atoms with Crippen molar-refractivity contribution in [2.24, 2.45) is 5.92 Å². The van der Waals surface area contributed by atoms with Gasteiger partial charge in [0.15, 0.2) is 5.79 Å². The molecule has 0 aromatic heterocycles. The molecular weight excluding hydrogens is 230 g/mol. The van der Waals surface area contributed by atoms with E-state index in [0.29, 0.717) is 5.91 Å². The molecule has 0 spiro atoms. The van der Waals surface area contributed by atoms with Crippen LogP contribution in [0.5, 0.6) is 0 Å². The molecular formula is C14H25NO3. The molecule has 1 amide bonds. The summed E-state index contributed by atoms with van der Waals surface area (Å²) in [5, 5.41) is 0. The monoisotopic (exact) mass is 255 g/mol. The predicted molar refractivity (Wildman–Crippen MR) is 69.1 cm³/mol. The van der Waals surface area contributed by atoms with Crippen LogP contribution in [0.2, 0.25) is 0 Å². The largest absolute Gasteiger partial charge is 0.353 e. The molecule has 0 atom stereocenters. The Hall–Kier alpha value is -0.610. The number of carbonyl (C=O) groups is 1. The molecule has 0 N–H and O–H groups in total. The number of piperidine rings is 1. The van der Waals surface area contributed by atoms with Crippen molar-refractivity contribution in [1.82, 2.24) is 4.90 Å². The van der Waals surface area contributed by atoms with Crippen LogP contribution in [0.25, 0.3) is 0 Å². The maximum Gasteiger partial charge on any atom is 0.225 e. The highest BCUT2D eigenvalue weighted by molar-refractivity contribution is 5.79. The Kier molecular flexibility index (Phi) is 4.62. The molecule has 4 heteroatoms. The summed E-state index contributed by atoms with van der Waals surface area (Å²) in [6.45, 7) is 1.52. The minimum Gasteiger partial charge on any atom is -0.353 e. The fourth-order valence-corrected chi connectivity index (χ4v) is 3.17. The van der Waals surface area contributed by atoms with Gasteiger partial charge in [0.25, 0.3) is 0 Å². The van der Waals surface area contributed by atoms with Gasteiger partial charge in [-0.2, -0.15) is 0 Å². The summed E-state index contributed by atoms with van der Waals surface area (Å²) >= 11 is 0. The van der Waals surface area contributed by atoms with E-state index in [1.807, 2.05) is 4.90 Å². The van der Waals surface area contributed by atoms with Gasteiger partial charge in [0.05, 0.1) is 0 Å². The van der Waals surface area contributed by atoms with E-state index in [0.717, 1.165) is 38.8 Å². The summed E-state index contributed by atoms with van der Waals surface area (Å²) in [4.78, 5) is 14.4. The summed E-state index contributed by atoms with van der Waals surface area (Å²) in [5.41, 5.74) is 0. The summed E-state index contributed by atoms with van der Waals surface area (Å²) < 4.78 is 10.9. The smallest absolute Gasteiger partial charge is 0.225 e. The van der Waals surface area contributed by atoms with Crippen molar-refractivity contribution in [2.45, 2.75) is 50.7 Å². The van der Waals surface area contributed by atoms with Gasteiger partial charge in [0, 0.05) is 46.1 Å². The van der Waals surface area contributed by atoms with Crippen LogP contribution in [0.3, 0.4) is 0 Å². The van der Waals surface area contributed by atoms with Crippen LogP contribution in [-0.2, 0) is 14.3 Å². The average Bonchev–Trinajstić information content (AvgIpc) is 2.47. The van der Waals surface area contributed by atoms with Crippen molar-refractivity contribution in [2.75, 3.05) is 27.3 Å². The maximum atomic E-state index is 12.4. The van der Waals surface area contributed by atoms with E-state index in [-0.39, 0.29) is 5.92 Å². The predicted octanol–water partition coefficient (Wildman–Crippen LogP) is 2.18. The van der Waals surface area contributed by atoms with Crippen LogP contribution >= 0.6 is 0 Å². The number of hydrogen-bond donors (Lipinski definition) is 0. The van der Waals surface area contributed by atoms with Crippen molar-refractivity contribution < 1.29 is 14.3 Å². The molecule has 1 heterocycles. The first-order chi connectivity index (χ1) is 8.71. The molecule has 0 unspecified atom stereocenters. The van der Waals surface area contributed by atoms with E-state index in [1.165, 1.54) is 19.3 Å². The zero-order chi connectivity index (χ0) is 13.0. The van der Waals surface area contributed by atoms with Crippen LogP contribution in [-0.4, -0.2) is 43.9 Å². The number of carbonyl (C=O) groups excluding carboxylic acids is 1. The van der Waals surface area contributed by atoms with Crippen LogP contribution in [0, 0.1) is 5.92 Å². The first-order valence-corrected chi connectivity index (χ1v) is 7.10. The van der Waals surface area contributed by atoms with Crippen LogP contribution in [0.15, 0.2) is 0 Å². The molecule has 2 fully saturated rings. The third kappa shape index (κ3) is 2.86. The van der Waals surface area contributed by atoms with Crippen LogP contribution in [0.4, 0.5) is 0 Å². The van der Waals surface area contributed by atoms with Gasteiger partial charge in [-0.25, -0.2) is 0 Å². The van der Waals surface area contributed by atoms with E-state index in [4.69, 9.17) is 9.47 Å². The second-order valence-electron chi connectivity index (χ2n) is 5.48. The molecule has 18 heavy (non-hydrogen) atoms. The normalized spacial score (nSPS) is 25.1. The number of ether oxygens (including phenoxy) is 2. The summed E-state index contributed by atoms with van der Waals surface area (Å²) in [6, 6.07) is 0. The highest BCUT2D eigenvalue weighted by Crippen LogP contribution is 2.30. The summed E-state index contributed by atoms with van der Waals surface area (Å²) in [7, 11) is 3.37. The lowest BCUT2D eigenvalue weighted by molar-refractivity contribution is -0.229. The lowest BCUT2D eigenvalue weighted by atomic mass is 9.87. The maximum absolute atomic E-state index is 12.4. The number of hydrogen-bond acceptors (Lipinski definition) is 3. The fraction of sp³-hybridized carbons (Fsp3) is 0.929. The molecule has 0 radical (unpaired) electrons. The Labute approximate surface area is 110 Å². The standard InChI is InChI=1S/C14H25NO3/c1-17-14(18-2)8-10-15(11-9-14)13(16)12-6-4-3-5-7-12/h12H,3-11H2,1-2H3. The van der Waals surface area contributed by atoms with Crippen molar-refractivity contribution in [1.29, 1.82) is 0 Å². The molecule has 0 bridgehead atoms. The quantitative estimate of drug-likeness (QED) is 0.726. The van der Waals surface area contributed by atoms with Crippen molar-refractivity contribution >= 4 is 5.91 Å². The van der Waals surface area contributed by atoms with Crippen molar-refractivity contribution in [3.05, 3.63) is 0 Å². The van der Waals surface area contributed by atoms with Gasteiger partial charge < -0.3 is 14.4 Å². The second kappa shape index (κ2) is 6.02. The Morgan fingerprint density at radius 2 is 1.61 bits per heavy atom. The minimum absolute atomic E-state index is 0.274. The third-order valence-electron chi connectivity index (χ3n) is 4.54. The summed E-state index contributed by atoms with van der Waals surface area (Å²) in [5.74, 6) is 0.162. The minimum atomic E-state index is -0.469. The van der Waals surface area contributed by atoms with E-state index in [1.54, 1.807) is 14.2 Å². The highest BCUT2D eigenvalue weighted by atomic mass is 16.7. The van der Waals surface area contributed by atoms with Gasteiger partial charge in [-0.3, -0.25) is 4.79 Å². The molecule has 1 saturated carbocycles. The van der Waals surface area contributed by atoms with E-state index >= 15 is 0 Å². The van der Waals surface area contributed by atoms with Crippen molar-refractivity contribution in [3.63, 3.8) is 0 Å². The molecule has 0 aromatic carbocycles. The molecule has 0 aromatic rings. The first-order valence-electron chi connectivity index (χ1n) is 7.10. The topological polar surface area (TPSA) is 38.8 Å². The second-order valence-corrected chi connectivity index (χ2v) is 5.48. The van der Waals surface area contributed by atoms with Crippen molar-refractivity contribution in [3.8, 4) is 0 Å². The van der Waals surface area contributed by atoms with Gasteiger partial charge >= 0.3 is 0 Å². The number of rotatable bonds is 3. The third-order valence-corrected chi connectivity index (χ3v) is 4.54. The molecule has 1 aliphatic heterocycles. The zero-order valence-corrected chi connectivity index (χ0v) is 11.6. The average molecular weight is 255 g/mol. The SMILES string of the molecule is COC1(OC)CCN(C(=O)C2CCCCC2)CC1. The van der Waals surface area contributed by atoms with Gasteiger partial charge in [0.1, 0.15) is 0 Å². The number of methoxy groups -OCH3 is 2. The first kappa shape index (κ1) is 13.8. The lowest BCUT2D eigenvalue weighted by Gasteiger charge is -2.41. The molecule has 4 nitrogen and oxygen atoms in total. The van der Waals surface area contributed by atoms with Gasteiger partial charge in [0.2, 0.25) is 5.91 Å². The van der Waals surface area contributed by atoms with Crippen LogP contribution < -0.4 is 0 Å². The zero-order valence-electron chi connectivity index (χ0n) is 11.6.